The summed E-state index contributed by atoms with van der Waals surface area (Å²) >= 11 is 1.48. The number of hydrogen-bond donors (Lipinski definition) is 2. The molecule has 0 aliphatic heterocycles. The van der Waals surface area contributed by atoms with Gasteiger partial charge in [-0.1, -0.05) is 0 Å². The average molecular weight is 260 g/mol. The summed E-state index contributed by atoms with van der Waals surface area (Å²) in [5, 5.41) is 24.2. The largest absolute Gasteiger partial charge is 0.391 e. The zero-order valence-electron chi connectivity index (χ0n) is 9.75. The first-order valence-corrected chi connectivity index (χ1v) is 6.35. The number of anilines is 1. The van der Waals surface area contributed by atoms with Gasteiger partial charge in [0.2, 0.25) is 0 Å². The molecule has 0 unspecified atom stereocenters. The third-order valence-electron chi connectivity index (χ3n) is 2.73. The normalized spacial score (nSPS) is 13.8. The highest BCUT2D eigenvalue weighted by Gasteiger charge is 2.15. The Morgan fingerprint density at radius 2 is 2.28 bits per heavy atom. The monoisotopic (exact) mass is 260 g/mol. The van der Waals surface area contributed by atoms with Gasteiger partial charge in [0.1, 0.15) is 18.4 Å². The van der Waals surface area contributed by atoms with Gasteiger partial charge in [0, 0.05) is 11.1 Å². The minimum absolute atomic E-state index is 0.616. The summed E-state index contributed by atoms with van der Waals surface area (Å²) in [6.45, 7) is 1.56. The highest BCUT2D eigenvalue weighted by Crippen LogP contribution is 2.31. The van der Waals surface area contributed by atoms with E-state index < -0.39 is 12.1 Å². The summed E-state index contributed by atoms with van der Waals surface area (Å²) in [6, 6.07) is 6.85. The van der Waals surface area contributed by atoms with Crippen LogP contribution in [-0.4, -0.2) is 23.5 Å². The third-order valence-corrected chi connectivity index (χ3v) is 3.67. The van der Waals surface area contributed by atoms with Gasteiger partial charge in [-0.15, -0.1) is 11.3 Å². The highest BCUT2D eigenvalue weighted by atomic mass is 32.1. The summed E-state index contributed by atoms with van der Waals surface area (Å²) in [6.07, 6.45) is -0.0898. The predicted molar refractivity (Wildman–Crippen MR) is 71.7 cm³/mol. The SMILES string of the molecule is C[C@H](O)[C@H](C=O)Nc1ccc(C#N)c2sccc12. The van der Waals surface area contributed by atoms with Crippen molar-refractivity contribution in [1.29, 1.82) is 5.26 Å². The lowest BCUT2D eigenvalue weighted by atomic mass is 10.1. The quantitative estimate of drug-likeness (QED) is 0.826. The molecule has 2 aromatic rings. The van der Waals surface area contributed by atoms with Crippen molar-refractivity contribution in [2.45, 2.75) is 19.1 Å². The molecule has 1 aromatic heterocycles. The molecule has 2 N–H and O–H groups in total. The number of thiophene rings is 1. The Bertz CT molecular complexity index is 613. The van der Waals surface area contributed by atoms with Crippen LogP contribution in [-0.2, 0) is 4.79 Å². The molecule has 0 spiro atoms. The van der Waals surface area contributed by atoms with Crippen LogP contribution in [0.15, 0.2) is 23.6 Å². The maximum Gasteiger partial charge on any atom is 0.144 e. The fraction of sp³-hybridized carbons (Fsp3) is 0.231. The van der Waals surface area contributed by atoms with Gasteiger partial charge < -0.3 is 15.2 Å². The van der Waals surface area contributed by atoms with E-state index in [1.807, 2.05) is 11.4 Å². The van der Waals surface area contributed by atoms with Gasteiger partial charge in [0.15, 0.2) is 0 Å². The lowest BCUT2D eigenvalue weighted by Gasteiger charge is -2.17. The number of aliphatic hydroxyl groups excluding tert-OH is 1. The number of nitrogens with one attached hydrogen (secondary N) is 1. The van der Waals surface area contributed by atoms with Gasteiger partial charge in [-0.2, -0.15) is 5.26 Å². The number of benzene rings is 1. The number of nitrogens with zero attached hydrogens (tertiary/aromatic N) is 1. The first-order chi connectivity index (χ1) is 8.67. The van der Waals surface area contributed by atoms with E-state index >= 15 is 0 Å². The second kappa shape index (κ2) is 5.17. The van der Waals surface area contributed by atoms with Crippen molar-refractivity contribution >= 4 is 33.4 Å². The number of hydrogen-bond acceptors (Lipinski definition) is 5. The molecular formula is C13H12N2O2S. The topological polar surface area (TPSA) is 73.1 Å². The standard InChI is InChI=1S/C13H12N2O2S/c1-8(17)12(7-16)15-11-3-2-9(6-14)13-10(11)4-5-18-13/h2-5,7-8,12,15,17H,1H3/t8-,12-/m0/s1. The molecule has 0 saturated heterocycles. The van der Waals surface area contributed by atoms with Crippen molar-refractivity contribution in [3.8, 4) is 6.07 Å². The molecule has 1 aromatic carbocycles. The number of aldehydes is 1. The lowest BCUT2D eigenvalue weighted by Crippen LogP contribution is -2.32. The van der Waals surface area contributed by atoms with Crippen LogP contribution in [0.25, 0.3) is 10.1 Å². The van der Waals surface area contributed by atoms with E-state index in [9.17, 15) is 9.90 Å². The number of nitriles is 1. The number of fused-ring (bicyclic) bond motifs is 1. The molecule has 0 bridgehead atoms. The van der Waals surface area contributed by atoms with Crippen LogP contribution in [0.2, 0.25) is 0 Å². The molecule has 0 aliphatic rings. The number of aliphatic hydroxyl groups is 1. The van der Waals surface area contributed by atoms with Crippen LogP contribution in [0.5, 0.6) is 0 Å². The lowest BCUT2D eigenvalue weighted by molar-refractivity contribution is -0.110. The predicted octanol–water partition coefficient (Wildman–Crippen LogP) is 2.13. The van der Waals surface area contributed by atoms with Gasteiger partial charge in [0.25, 0.3) is 0 Å². The molecule has 0 amide bonds. The molecule has 2 atom stereocenters. The fourth-order valence-electron chi connectivity index (χ4n) is 1.72. The van der Waals surface area contributed by atoms with E-state index in [2.05, 4.69) is 11.4 Å². The Labute approximate surface area is 108 Å². The van der Waals surface area contributed by atoms with Gasteiger partial charge in [0.05, 0.1) is 16.4 Å². The van der Waals surface area contributed by atoms with E-state index in [4.69, 9.17) is 5.26 Å². The Balaban J connectivity index is 2.44. The van der Waals surface area contributed by atoms with Crippen LogP contribution in [0.4, 0.5) is 5.69 Å². The average Bonchev–Trinajstić information content (AvgIpc) is 2.84. The van der Waals surface area contributed by atoms with Crippen molar-refractivity contribution < 1.29 is 9.90 Å². The van der Waals surface area contributed by atoms with Crippen LogP contribution in [0.1, 0.15) is 12.5 Å². The Morgan fingerprint density at radius 3 is 2.89 bits per heavy atom. The van der Waals surface area contributed by atoms with Crippen LogP contribution < -0.4 is 5.32 Å². The molecule has 0 fully saturated rings. The second-order valence-corrected chi connectivity index (χ2v) is 4.90. The van der Waals surface area contributed by atoms with E-state index in [1.165, 1.54) is 11.3 Å². The fourth-order valence-corrected chi connectivity index (χ4v) is 2.61. The van der Waals surface area contributed by atoms with Crippen LogP contribution >= 0.6 is 11.3 Å². The zero-order chi connectivity index (χ0) is 13.1. The van der Waals surface area contributed by atoms with Crippen molar-refractivity contribution in [2.24, 2.45) is 0 Å². The molecule has 5 heteroatoms. The maximum atomic E-state index is 10.9. The summed E-state index contributed by atoms with van der Waals surface area (Å²) in [7, 11) is 0. The molecule has 0 saturated carbocycles. The maximum absolute atomic E-state index is 10.9. The van der Waals surface area contributed by atoms with Gasteiger partial charge in [-0.25, -0.2) is 0 Å². The van der Waals surface area contributed by atoms with Crippen molar-refractivity contribution in [3.63, 3.8) is 0 Å². The highest BCUT2D eigenvalue weighted by molar-refractivity contribution is 7.17. The van der Waals surface area contributed by atoms with Crippen LogP contribution in [0.3, 0.4) is 0 Å². The molecule has 0 aliphatic carbocycles. The Kier molecular flexibility index (Phi) is 3.60. The minimum atomic E-state index is -0.771. The first kappa shape index (κ1) is 12.6. The van der Waals surface area contributed by atoms with E-state index in [1.54, 1.807) is 19.1 Å². The van der Waals surface area contributed by atoms with Crippen molar-refractivity contribution in [1.82, 2.24) is 0 Å². The molecule has 4 nitrogen and oxygen atoms in total. The summed E-state index contributed by atoms with van der Waals surface area (Å²) in [4.78, 5) is 10.9. The van der Waals surface area contributed by atoms with E-state index in [0.29, 0.717) is 11.8 Å². The second-order valence-electron chi connectivity index (χ2n) is 3.98. The minimum Gasteiger partial charge on any atom is -0.391 e. The molecule has 1 heterocycles. The number of carbonyl (C=O) groups excluding carboxylic acids is 1. The van der Waals surface area contributed by atoms with Crippen molar-refractivity contribution in [2.75, 3.05) is 5.32 Å². The Hall–Kier alpha value is -1.90. The third kappa shape index (κ3) is 2.21. The van der Waals surface area contributed by atoms with Gasteiger partial charge >= 0.3 is 0 Å². The van der Waals surface area contributed by atoms with E-state index in [0.717, 1.165) is 15.8 Å². The van der Waals surface area contributed by atoms with E-state index in [-0.39, 0.29) is 0 Å². The van der Waals surface area contributed by atoms with Gasteiger partial charge in [-0.3, -0.25) is 0 Å². The molecule has 18 heavy (non-hydrogen) atoms. The number of rotatable bonds is 4. The van der Waals surface area contributed by atoms with Crippen LogP contribution in [0, 0.1) is 11.3 Å². The Morgan fingerprint density at radius 1 is 1.50 bits per heavy atom. The molecule has 2 rings (SSSR count). The van der Waals surface area contributed by atoms with Crippen molar-refractivity contribution in [3.05, 3.63) is 29.1 Å². The molecule has 0 radical (unpaired) electrons. The summed E-state index contributed by atoms with van der Waals surface area (Å²) in [5.74, 6) is 0. The smallest absolute Gasteiger partial charge is 0.144 e. The zero-order valence-corrected chi connectivity index (χ0v) is 10.6. The van der Waals surface area contributed by atoms with Gasteiger partial charge in [-0.05, 0) is 30.5 Å². The molecule has 92 valence electrons. The first-order valence-electron chi connectivity index (χ1n) is 5.47. The molecular weight excluding hydrogens is 248 g/mol. The number of carbonyl (C=O) groups is 1. The summed E-state index contributed by atoms with van der Waals surface area (Å²) < 4.78 is 0.887. The summed E-state index contributed by atoms with van der Waals surface area (Å²) in [5.41, 5.74) is 1.37.